The van der Waals surface area contributed by atoms with Gasteiger partial charge in [-0.25, -0.2) is 4.79 Å². The number of nitrogens with zero attached hydrogens (tertiary/aromatic N) is 1. The van der Waals surface area contributed by atoms with Crippen LogP contribution in [0.15, 0.2) is 30.3 Å². The molecule has 2 aliphatic carbocycles. The fourth-order valence-electron chi connectivity index (χ4n) is 8.29. The van der Waals surface area contributed by atoms with Gasteiger partial charge >= 0.3 is 5.97 Å². The monoisotopic (exact) mass is 539 g/mol. The molecule has 3 aliphatic heterocycles. The quantitative estimate of drug-likeness (QED) is 0.510. The molecule has 6 atom stereocenters. The van der Waals surface area contributed by atoms with Crippen LogP contribution in [0.25, 0.3) is 0 Å². The Morgan fingerprint density at radius 2 is 1.77 bits per heavy atom. The van der Waals surface area contributed by atoms with Gasteiger partial charge in [0, 0.05) is 26.1 Å². The summed E-state index contributed by atoms with van der Waals surface area (Å²) in [6.45, 7) is 1.03. The summed E-state index contributed by atoms with van der Waals surface area (Å²) < 4.78 is 48.0. The van der Waals surface area contributed by atoms with E-state index in [4.69, 9.17) is 37.9 Å². The van der Waals surface area contributed by atoms with Crippen LogP contribution in [0.4, 0.5) is 0 Å². The molecule has 208 valence electrons. The van der Waals surface area contributed by atoms with Crippen LogP contribution >= 0.6 is 0 Å². The van der Waals surface area contributed by atoms with Crippen molar-refractivity contribution >= 4 is 5.97 Å². The number of esters is 1. The van der Waals surface area contributed by atoms with Crippen LogP contribution in [0.2, 0.25) is 0 Å². The molecule has 0 amide bonds. The first-order chi connectivity index (χ1) is 18.9. The fourth-order valence-corrected chi connectivity index (χ4v) is 8.29. The van der Waals surface area contributed by atoms with Crippen LogP contribution in [0.3, 0.4) is 0 Å². The summed E-state index contributed by atoms with van der Waals surface area (Å²) >= 11 is 0. The van der Waals surface area contributed by atoms with Crippen LogP contribution in [0.5, 0.6) is 23.0 Å². The molecule has 2 saturated heterocycles. The maximum atomic E-state index is 13.6. The first-order valence-electron chi connectivity index (χ1n) is 13.2. The fraction of sp³-hybridized carbons (Fsp3) is 0.552. The Kier molecular flexibility index (Phi) is 5.42. The number of methoxy groups -OCH3 is 4. The van der Waals surface area contributed by atoms with Gasteiger partial charge in [0.2, 0.25) is 12.6 Å². The molecule has 2 aromatic rings. The molecule has 2 bridgehead atoms. The van der Waals surface area contributed by atoms with Gasteiger partial charge in [-0.3, -0.25) is 4.90 Å². The number of fused-ring (bicyclic) bond motifs is 4. The summed E-state index contributed by atoms with van der Waals surface area (Å²) in [4.78, 5) is 15.9. The van der Waals surface area contributed by atoms with Crippen LogP contribution in [-0.4, -0.2) is 83.2 Å². The average Bonchev–Trinajstić information content (AvgIpc) is 3.64. The molecule has 7 rings (SSSR count). The molecule has 2 aromatic carbocycles. The smallest absolute Gasteiger partial charge is 0.338 e. The number of likely N-dealkylation sites (N-methyl/N-ethyl adjacent to an activating group) is 1. The Balaban J connectivity index is 1.35. The first-order valence-corrected chi connectivity index (χ1v) is 13.2. The van der Waals surface area contributed by atoms with Gasteiger partial charge in [-0.2, -0.15) is 0 Å². The average molecular weight is 540 g/mol. The zero-order valence-corrected chi connectivity index (χ0v) is 22.8. The lowest BCUT2D eigenvalue weighted by Crippen LogP contribution is -2.77. The summed E-state index contributed by atoms with van der Waals surface area (Å²) in [5, 5.41) is 0. The molecule has 1 spiro atoms. The van der Waals surface area contributed by atoms with Crippen LogP contribution in [0, 0.1) is 0 Å². The molecule has 3 fully saturated rings. The largest absolute Gasteiger partial charge is 0.493 e. The molecule has 10 nitrogen and oxygen atoms in total. The van der Waals surface area contributed by atoms with Gasteiger partial charge in [-0.1, -0.05) is 0 Å². The standard InChI is InChI=1S/C29H33NO9/c1-30-9-8-27-13-24(38-26(31)16-6-7-19(32-2)20(10-16)33-3)25(34-4)29(35-5)28(27,30)14-23(39-29)17-11-21-22(12-18(17)27)37-15-36-21/h6-7,10-12,23-25H,8-9,13-15H2,1-5H3/t23-,24-,25-,27-,28-,29+/m0/s1. The Morgan fingerprint density at radius 3 is 2.49 bits per heavy atom. The molecule has 0 unspecified atom stereocenters. The number of likely N-dealkylation sites (tertiary alicyclic amines) is 1. The number of hydrogen-bond donors (Lipinski definition) is 0. The summed E-state index contributed by atoms with van der Waals surface area (Å²) in [6, 6.07) is 9.14. The van der Waals surface area contributed by atoms with E-state index in [0.29, 0.717) is 23.5 Å². The summed E-state index contributed by atoms with van der Waals surface area (Å²) in [5.74, 6) is 0.770. The predicted octanol–water partition coefficient (Wildman–Crippen LogP) is 3.21. The molecular weight excluding hydrogens is 506 g/mol. The highest BCUT2D eigenvalue weighted by Crippen LogP contribution is 2.72. The van der Waals surface area contributed by atoms with Gasteiger partial charge in [-0.05, 0) is 67.9 Å². The van der Waals surface area contributed by atoms with Gasteiger partial charge in [0.05, 0.1) is 31.4 Å². The summed E-state index contributed by atoms with van der Waals surface area (Å²) in [5.41, 5.74) is 1.62. The van der Waals surface area contributed by atoms with E-state index in [1.54, 1.807) is 39.5 Å². The number of benzene rings is 2. The topological polar surface area (TPSA) is 94.2 Å². The number of ether oxygens (including phenoxy) is 8. The molecule has 0 aromatic heterocycles. The van der Waals surface area contributed by atoms with Crippen LogP contribution in [0.1, 0.15) is 46.9 Å². The van der Waals surface area contributed by atoms with Gasteiger partial charge in [-0.15, -0.1) is 0 Å². The maximum absolute atomic E-state index is 13.6. The van der Waals surface area contributed by atoms with Crippen molar-refractivity contribution in [3.05, 3.63) is 47.0 Å². The van der Waals surface area contributed by atoms with Crippen molar-refractivity contribution in [2.75, 3.05) is 48.8 Å². The van der Waals surface area contributed by atoms with E-state index in [2.05, 4.69) is 24.1 Å². The van der Waals surface area contributed by atoms with Crippen molar-refractivity contribution in [1.82, 2.24) is 4.90 Å². The van der Waals surface area contributed by atoms with Crippen molar-refractivity contribution in [1.29, 1.82) is 0 Å². The zero-order valence-electron chi connectivity index (χ0n) is 22.8. The lowest BCUT2D eigenvalue weighted by Gasteiger charge is -2.61. The third kappa shape index (κ3) is 2.92. The number of hydrogen-bond acceptors (Lipinski definition) is 10. The van der Waals surface area contributed by atoms with Crippen molar-refractivity contribution in [2.45, 2.75) is 54.3 Å². The van der Waals surface area contributed by atoms with Crippen LogP contribution in [-0.2, 0) is 24.4 Å². The predicted molar refractivity (Wildman–Crippen MR) is 137 cm³/mol. The Hall–Kier alpha value is -3.05. The van der Waals surface area contributed by atoms with E-state index in [1.807, 2.05) is 0 Å². The second kappa shape index (κ2) is 8.47. The summed E-state index contributed by atoms with van der Waals surface area (Å²) in [6.07, 6.45) is 0.575. The number of rotatable bonds is 6. The molecule has 3 heterocycles. The minimum Gasteiger partial charge on any atom is -0.493 e. The van der Waals surface area contributed by atoms with Gasteiger partial charge in [0.15, 0.2) is 23.0 Å². The Morgan fingerprint density at radius 1 is 1.00 bits per heavy atom. The van der Waals surface area contributed by atoms with E-state index >= 15 is 0 Å². The van der Waals surface area contributed by atoms with Crippen molar-refractivity contribution in [2.24, 2.45) is 0 Å². The van der Waals surface area contributed by atoms with E-state index in [9.17, 15) is 4.79 Å². The Bertz CT molecular complexity index is 1350. The molecular formula is C29H33NO9. The lowest BCUT2D eigenvalue weighted by molar-refractivity contribution is -0.338. The van der Waals surface area contributed by atoms with Crippen molar-refractivity contribution in [3.63, 3.8) is 0 Å². The molecule has 0 N–H and O–H groups in total. The molecule has 5 aliphatic rings. The van der Waals surface area contributed by atoms with E-state index in [1.165, 1.54) is 7.11 Å². The van der Waals surface area contributed by atoms with Crippen LogP contribution < -0.4 is 18.9 Å². The van der Waals surface area contributed by atoms with Crippen molar-refractivity contribution < 1.29 is 42.7 Å². The molecule has 39 heavy (non-hydrogen) atoms. The van der Waals surface area contributed by atoms with Crippen molar-refractivity contribution in [3.8, 4) is 23.0 Å². The number of carbonyl (C=O) groups excluding carboxylic acids is 1. The second-order valence-electron chi connectivity index (χ2n) is 11.0. The minimum absolute atomic E-state index is 0.196. The second-order valence-corrected chi connectivity index (χ2v) is 11.0. The Labute approximate surface area is 226 Å². The minimum atomic E-state index is -1.18. The zero-order chi connectivity index (χ0) is 27.2. The highest BCUT2D eigenvalue weighted by Gasteiger charge is 2.82. The molecule has 0 radical (unpaired) electrons. The van der Waals surface area contributed by atoms with E-state index in [0.717, 1.165) is 42.0 Å². The highest BCUT2D eigenvalue weighted by molar-refractivity contribution is 5.90. The number of carbonyl (C=O) groups is 1. The summed E-state index contributed by atoms with van der Waals surface area (Å²) in [7, 11) is 8.49. The van der Waals surface area contributed by atoms with Gasteiger partial charge in [0.25, 0.3) is 0 Å². The lowest BCUT2D eigenvalue weighted by atomic mass is 9.50. The van der Waals surface area contributed by atoms with E-state index < -0.39 is 34.9 Å². The third-order valence-electron chi connectivity index (χ3n) is 9.80. The third-order valence-corrected chi connectivity index (χ3v) is 9.80. The SMILES string of the molecule is COc1ccc(C(=O)O[C@H]2C[C@]34CCN(C)[C@@]35C[C@H](O[C@]5(OC)[C@H]2OC)c2cc3c(cc24)OCO3)cc1OC. The maximum Gasteiger partial charge on any atom is 0.338 e. The van der Waals surface area contributed by atoms with Gasteiger partial charge < -0.3 is 37.9 Å². The highest BCUT2D eigenvalue weighted by atomic mass is 16.7. The molecule has 10 heteroatoms. The van der Waals surface area contributed by atoms with E-state index in [-0.39, 0.29) is 12.9 Å². The molecule has 1 saturated carbocycles. The van der Waals surface area contributed by atoms with Gasteiger partial charge in [0.1, 0.15) is 12.2 Å². The normalized spacial score (nSPS) is 35.4. The first kappa shape index (κ1) is 25.0.